The van der Waals surface area contributed by atoms with Gasteiger partial charge in [0.2, 0.25) is 5.78 Å². The molecule has 4 aromatic carbocycles. The van der Waals surface area contributed by atoms with Crippen molar-refractivity contribution in [2.75, 3.05) is 4.72 Å². The number of sulfonamides is 1. The van der Waals surface area contributed by atoms with Crippen LogP contribution in [0.3, 0.4) is 0 Å². The average molecular weight is 540 g/mol. The average Bonchev–Trinajstić information content (AvgIpc) is 2.89. The molecule has 6 nitrogen and oxygen atoms in total. The van der Waals surface area contributed by atoms with Crippen LogP contribution in [0, 0.1) is 0 Å². The number of carbonyl (C=O) groups is 2. The minimum Gasteiger partial charge on any atom is -0.445 e. The highest BCUT2D eigenvalue weighted by atomic mass is 35.5. The Labute approximate surface area is 218 Å². The molecular formula is C27H19Cl2NO5S. The first kappa shape index (κ1) is 25.4. The van der Waals surface area contributed by atoms with E-state index in [2.05, 4.69) is 4.72 Å². The molecule has 1 N–H and O–H groups in total. The number of benzene rings is 4. The van der Waals surface area contributed by atoms with Gasteiger partial charge >= 0.3 is 5.97 Å². The summed E-state index contributed by atoms with van der Waals surface area (Å²) in [6, 6.07) is 27.0. The van der Waals surface area contributed by atoms with Gasteiger partial charge in [-0.3, -0.25) is 9.52 Å². The van der Waals surface area contributed by atoms with Gasteiger partial charge < -0.3 is 4.74 Å². The predicted octanol–water partition coefficient (Wildman–Crippen LogP) is 6.58. The molecule has 0 aliphatic rings. The second kappa shape index (κ2) is 11.0. The molecule has 182 valence electrons. The van der Waals surface area contributed by atoms with Gasteiger partial charge in [-0.1, -0.05) is 96.0 Å². The largest absolute Gasteiger partial charge is 0.445 e. The molecule has 1 atom stereocenters. The number of anilines is 1. The first-order valence-corrected chi connectivity index (χ1v) is 12.9. The molecule has 0 fully saturated rings. The van der Waals surface area contributed by atoms with Gasteiger partial charge in [-0.15, -0.1) is 0 Å². The summed E-state index contributed by atoms with van der Waals surface area (Å²) >= 11 is 12.2. The molecule has 1 unspecified atom stereocenters. The third-order valence-electron chi connectivity index (χ3n) is 5.20. The lowest BCUT2D eigenvalue weighted by Crippen LogP contribution is -2.21. The Bertz CT molecular complexity index is 1510. The summed E-state index contributed by atoms with van der Waals surface area (Å²) in [5.41, 5.74) is 0.894. The topological polar surface area (TPSA) is 89.5 Å². The Morgan fingerprint density at radius 3 is 2.00 bits per heavy atom. The van der Waals surface area contributed by atoms with E-state index >= 15 is 0 Å². The Morgan fingerprint density at radius 2 is 1.33 bits per heavy atom. The van der Waals surface area contributed by atoms with E-state index in [9.17, 15) is 18.0 Å². The van der Waals surface area contributed by atoms with Crippen LogP contribution >= 0.6 is 23.2 Å². The summed E-state index contributed by atoms with van der Waals surface area (Å²) in [5.74, 6) is -1.31. The minimum atomic E-state index is -4.20. The number of ether oxygens (including phenoxy) is 1. The zero-order valence-corrected chi connectivity index (χ0v) is 20.9. The number of Topliss-reactive ketones (excluding diaryl/α,β-unsaturated/α-hetero) is 1. The highest BCUT2D eigenvalue weighted by molar-refractivity contribution is 7.92. The van der Waals surface area contributed by atoms with E-state index in [1.165, 1.54) is 24.3 Å². The fourth-order valence-electron chi connectivity index (χ4n) is 3.41. The standard InChI is InChI=1S/C27H19Cl2NO5S/c28-21-13-7-8-14-23(21)30-36(33,34)24-17-20(15-16-22(24)29)27(32)35-26(19-11-5-2-6-12-19)25(31)18-9-3-1-4-10-18/h1-17,26,30H. The first-order chi connectivity index (χ1) is 17.3. The van der Waals surface area contributed by atoms with Crippen molar-refractivity contribution >= 4 is 50.7 Å². The molecule has 0 saturated carbocycles. The molecule has 36 heavy (non-hydrogen) atoms. The van der Waals surface area contributed by atoms with Crippen LogP contribution in [0.1, 0.15) is 32.4 Å². The Morgan fingerprint density at radius 1 is 0.722 bits per heavy atom. The number of para-hydroxylation sites is 1. The van der Waals surface area contributed by atoms with Crippen molar-refractivity contribution in [1.82, 2.24) is 0 Å². The summed E-state index contributed by atoms with van der Waals surface area (Å²) in [6.45, 7) is 0. The van der Waals surface area contributed by atoms with E-state index in [1.807, 2.05) is 0 Å². The highest BCUT2D eigenvalue weighted by Crippen LogP contribution is 2.30. The van der Waals surface area contributed by atoms with Crippen molar-refractivity contribution in [3.63, 3.8) is 0 Å². The maximum absolute atomic E-state index is 13.2. The molecule has 0 bridgehead atoms. The van der Waals surface area contributed by atoms with E-state index in [4.69, 9.17) is 27.9 Å². The molecule has 4 rings (SSSR count). The lowest BCUT2D eigenvalue weighted by molar-refractivity contribution is 0.0280. The molecule has 0 saturated heterocycles. The molecule has 0 spiro atoms. The lowest BCUT2D eigenvalue weighted by atomic mass is 10.00. The van der Waals surface area contributed by atoms with E-state index < -0.39 is 27.9 Å². The molecule has 0 aliphatic heterocycles. The van der Waals surface area contributed by atoms with Crippen LogP contribution in [-0.4, -0.2) is 20.2 Å². The molecular weight excluding hydrogens is 521 g/mol. The molecule has 0 amide bonds. The van der Waals surface area contributed by atoms with Gasteiger partial charge in [-0.2, -0.15) is 0 Å². The lowest BCUT2D eigenvalue weighted by Gasteiger charge is -2.18. The monoisotopic (exact) mass is 539 g/mol. The number of rotatable bonds is 8. The quantitative estimate of drug-likeness (QED) is 0.202. The SMILES string of the molecule is O=C(OC(C(=O)c1ccccc1)c1ccccc1)c1ccc(Cl)c(S(=O)(=O)Nc2ccccc2Cl)c1. The van der Waals surface area contributed by atoms with Crippen molar-refractivity contribution in [1.29, 1.82) is 0 Å². The zero-order valence-electron chi connectivity index (χ0n) is 18.6. The number of esters is 1. The van der Waals surface area contributed by atoms with Crippen molar-refractivity contribution in [3.8, 4) is 0 Å². The summed E-state index contributed by atoms with van der Waals surface area (Å²) in [6.07, 6.45) is -1.24. The van der Waals surface area contributed by atoms with Gasteiger partial charge in [0.25, 0.3) is 10.0 Å². The minimum absolute atomic E-state index is 0.0965. The van der Waals surface area contributed by atoms with Gasteiger partial charge in [0.1, 0.15) is 4.90 Å². The van der Waals surface area contributed by atoms with E-state index in [0.29, 0.717) is 11.1 Å². The van der Waals surface area contributed by atoms with Gasteiger partial charge in [-0.25, -0.2) is 13.2 Å². The normalized spacial score (nSPS) is 11.9. The third kappa shape index (κ3) is 5.76. The van der Waals surface area contributed by atoms with E-state index in [-0.39, 0.29) is 26.2 Å². The molecule has 9 heteroatoms. The summed E-state index contributed by atoms with van der Waals surface area (Å²) in [5, 5.41) is 0.0870. The third-order valence-corrected chi connectivity index (χ3v) is 7.37. The highest BCUT2D eigenvalue weighted by Gasteiger charge is 2.28. The molecule has 0 aliphatic carbocycles. The number of carbonyl (C=O) groups excluding carboxylic acids is 2. The van der Waals surface area contributed by atoms with Crippen LogP contribution in [0.15, 0.2) is 108 Å². The summed E-state index contributed by atoms with van der Waals surface area (Å²) in [4.78, 5) is 26.0. The maximum atomic E-state index is 13.2. The van der Waals surface area contributed by atoms with Crippen LogP contribution in [0.4, 0.5) is 5.69 Å². The fraction of sp³-hybridized carbons (Fsp3) is 0.0370. The van der Waals surface area contributed by atoms with Gasteiger partial charge in [0.05, 0.1) is 21.3 Å². The van der Waals surface area contributed by atoms with Gasteiger partial charge in [0, 0.05) is 11.1 Å². The van der Waals surface area contributed by atoms with Crippen LogP contribution in [0.2, 0.25) is 10.0 Å². The number of nitrogens with one attached hydrogen (secondary N) is 1. The second-order valence-corrected chi connectivity index (χ2v) is 10.1. The smallest absolute Gasteiger partial charge is 0.339 e. The van der Waals surface area contributed by atoms with Crippen LogP contribution in [0.25, 0.3) is 0 Å². The predicted molar refractivity (Wildman–Crippen MR) is 139 cm³/mol. The molecule has 4 aromatic rings. The zero-order chi connectivity index (χ0) is 25.7. The van der Waals surface area contributed by atoms with Gasteiger partial charge in [0.15, 0.2) is 6.10 Å². The Hall–Kier alpha value is -3.65. The van der Waals surface area contributed by atoms with Crippen molar-refractivity contribution < 1.29 is 22.7 Å². The number of hydrogen-bond donors (Lipinski definition) is 1. The van der Waals surface area contributed by atoms with Crippen LogP contribution < -0.4 is 4.72 Å². The number of ketones is 1. The van der Waals surface area contributed by atoms with E-state index in [1.54, 1.807) is 72.8 Å². The molecule has 0 radical (unpaired) electrons. The fourth-order valence-corrected chi connectivity index (χ4v) is 5.26. The Kier molecular flexibility index (Phi) is 7.74. The van der Waals surface area contributed by atoms with E-state index in [0.717, 1.165) is 6.07 Å². The Balaban J connectivity index is 1.65. The van der Waals surface area contributed by atoms with Crippen LogP contribution in [0.5, 0.6) is 0 Å². The first-order valence-electron chi connectivity index (χ1n) is 10.7. The molecule has 0 heterocycles. The van der Waals surface area contributed by atoms with Crippen molar-refractivity contribution in [2.45, 2.75) is 11.0 Å². The van der Waals surface area contributed by atoms with Crippen molar-refractivity contribution in [3.05, 3.63) is 130 Å². The summed E-state index contributed by atoms with van der Waals surface area (Å²) < 4.78 is 34.0. The number of halogens is 2. The van der Waals surface area contributed by atoms with Crippen molar-refractivity contribution in [2.24, 2.45) is 0 Å². The summed E-state index contributed by atoms with van der Waals surface area (Å²) in [7, 11) is -4.20. The van der Waals surface area contributed by atoms with Gasteiger partial charge in [-0.05, 0) is 30.3 Å². The molecule has 0 aromatic heterocycles. The van der Waals surface area contributed by atoms with Crippen LogP contribution in [-0.2, 0) is 14.8 Å². The number of hydrogen-bond acceptors (Lipinski definition) is 5. The maximum Gasteiger partial charge on any atom is 0.339 e. The second-order valence-electron chi connectivity index (χ2n) is 7.66.